The summed E-state index contributed by atoms with van der Waals surface area (Å²) in [5.74, 6) is -1.87. The Labute approximate surface area is 221 Å². The Kier molecular flexibility index (Phi) is 12.8. The molecule has 5 N–H and O–H groups in total. The average Bonchev–Trinajstić information content (AvgIpc) is 2.73. The molecule has 13 heteroatoms. The van der Waals surface area contributed by atoms with Gasteiger partial charge in [-0.1, -0.05) is 27.2 Å². The number of carbonyl (C=O) groups is 3. The van der Waals surface area contributed by atoms with E-state index in [4.69, 9.17) is 4.74 Å². The second kappa shape index (κ2) is 14.8. The van der Waals surface area contributed by atoms with Crippen molar-refractivity contribution in [3.05, 3.63) is 23.8 Å². The van der Waals surface area contributed by atoms with Crippen LogP contribution in [0.15, 0.2) is 18.2 Å². The van der Waals surface area contributed by atoms with E-state index in [2.05, 4.69) is 26.0 Å². The van der Waals surface area contributed by atoms with E-state index >= 15 is 0 Å². The lowest BCUT2D eigenvalue weighted by Gasteiger charge is -2.25. The standard InChI is InChI=1S/C25H39F3N4O6/c1-7-8-20(33)19(13-29-12-15(2)3)32-21(34)14-30-22(35)16-9-17(31-23(36)38-24(4,5)6)11-18(10-16)37-25(26,27)28/h9-11,15,19-20,29,33H,7-8,12-14H2,1-6H3,(H,30,35)(H,31,36)(H,32,34)/t19-,20-/m0/s1. The van der Waals surface area contributed by atoms with Gasteiger partial charge in [0.05, 0.1) is 18.7 Å². The lowest BCUT2D eigenvalue weighted by molar-refractivity contribution is -0.274. The van der Waals surface area contributed by atoms with E-state index in [9.17, 15) is 32.7 Å². The number of rotatable bonds is 13. The van der Waals surface area contributed by atoms with Crippen molar-refractivity contribution in [3.63, 3.8) is 0 Å². The highest BCUT2D eigenvalue weighted by atomic mass is 19.4. The van der Waals surface area contributed by atoms with E-state index in [1.165, 1.54) is 0 Å². The zero-order valence-electron chi connectivity index (χ0n) is 22.6. The van der Waals surface area contributed by atoms with Crippen LogP contribution in [0.5, 0.6) is 5.75 Å². The zero-order chi connectivity index (χ0) is 29.1. The van der Waals surface area contributed by atoms with Crippen LogP contribution in [0.25, 0.3) is 0 Å². The van der Waals surface area contributed by atoms with Crippen LogP contribution < -0.4 is 26.0 Å². The molecule has 0 heterocycles. The molecule has 2 atom stereocenters. The number of ether oxygens (including phenoxy) is 2. The van der Waals surface area contributed by atoms with E-state index < -0.39 is 54.3 Å². The molecule has 0 spiro atoms. The molecule has 10 nitrogen and oxygen atoms in total. The van der Waals surface area contributed by atoms with Crippen molar-refractivity contribution in [1.29, 1.82) is 0 Å². The van der Waals surface area contributed by atoms with Gasteiger partial charge in [-0.05, 0) is 51.8 Å². The van der Waals surface area contributed by atoms with Crippen LogP contribution in [0.4, 0.5) is 23.7 Å². The van der Waals surface area contributed by atoms with Gasteiger partial charge in [0.1, 0.15) is 11.4 Å². The number of halogens is 3. The van der Waals surface area contributed by atoms with Crippen LogP contribution in [-0.4, -0.2) is 66.8 Å². The smallest absolute Gasteiger partial charge is 0.444 e. The molecule has 0 unspecified atom stereocenters. The number of carbonyl (C=O) groups excluding carboxylic acids is 3. The van der Waals surface area contributed by atoms with Crippen molar-refractivity contribution in [1.82, 2.24) is 16.0 Å². The quantitative estimate of drug-likeness (QED) is 0.254. The summed E-state index contributed by atoms with van der Waals surface area (Å²) in [6.45, 7) is 11.2. The summed E-state index contributed by atoms with van der Waals surface area (Å²) in [6, 6.07) is 2.21. The summed E-state index contributed by atoms with van der Waals surface area (Å²) >= 11 is 0. The fourth-order valence-corrected chi connectivity index (χ4v) is 3.24. The third-order valence-corrected chi connectivity index (χ3v) is 4.77. The summed E-state index contributed by atoms with van der Waals surface area (Å²) in [4.78, 5) is 37.2. The van der Waals surface area contributed by atoms with Crippen LogP contribution >= 0.6 is 0 Å². The van der Waals surface area contributed by atoms with Crippen LogP contribution in [0.1, 0.15) is 64.7 Å². The molecule has 0 aliphatic carbocycles. The number of anilines is 1. The van der Waals surface area contributed by atoms with Gasteiger partial charge in [-0.2, -0.15) is 0 Å². The van der Waals surface area contributed by atoms with Gasteiger partial charge in [-0.25, -0.2) is 4.79 Å². The van der Waals surface area contributed by atoms with Crippen LogP contribution in [0, 0.1) is 5.92 Å². The van der Waals surface area contributed by atoms with E-state index in [0.717, 1.165) is 18.2 Å². The van der Waals surface area contributed by atoms with Crippen molar-refractivity contribution >= 4 is 23.6 Å². The van der Waals surface area contributed by atoms with Gasteiger partial charge in [0.15, 0.2) is 0 Å². The maximum absolute atomic E-state index is 12.8. The normalized spacial score (nSPS) is 13.4. The minimum Gasteiger partial charge on any atom is -0.444 e. The number of hydrogen-bond acceptors (Lipinski definition) is 7. The van der Waals surface area contributed by atoms with Gasteiger partial charge < -0.3 is 30.5 Å². The lowest BCUT2D eigenvalue weighted by Crippen LogP contribution is -2.52. The third-order valence-electron chi connectivity index (χ3n) is 4.77. The molecule has 0 aromatic heterocycles. The average molecular weight is 549 g/mol. The molecule has 1 aromatic carbocycles. The minimum atomic E-state index is -5.05. The molecule has 38 heavy (non-hydrogen) atoms. The van der Waals surface area contributed by atoms with E-state index in [1.807, 2.05) is 20.8 Å². The van der Waals surface area contributed by atoms with Crippen LogP contribution in [0.2, 0.25) is 0 Å². The number of alkyl halides is 3. The van der Waals surface area contributed by atoms with Crippen molar-refractivity contribution in [2.24, 2.45) is 5.92 Å². The lowest BCUT2D eigenvalue weighted by atomic mass is 10.1. The van der Waals surface area contributed by atoms with E-state index in [1.54, 1.807) is 20.8 Å². The van der Waals surface area contributed by atoms with E-state index in [-0.39, 0.29) is 11.3 Å². The van der Waals surface area contributed by atoms with Crippen LogP contribution in [0.3, 0.4) is 0 Å². The van der Waals surface area contributed by atoms with Crippen molar-refractivity contribution in [3.8, 4) is 5.75 Å². The van der Waals surface area contributed by atoms with Gasteiger partial charge in [-0.3, -0.25) is 14.9 Å². The Morgan fingerprint density at radius 2 is 1.71 bits per heavy atom. The molecule has 1 aromatic rings. The third kappa shape index (κ3) is 14.0. The topological polar surface area (TPSA) is 138 Å². The highest BCUT2D eigenvalue weighted by Gasteiger charge is 2.32. The number of aliphatic hydroxyl groups is 1. The van der Waals surface area contributed by atoms with Crippen molar-refractivity contribution in [2.45, 2.75) is 78.5 Å². The predicted octanol–water partition coefficient (Wildman–Crippen LogP) is 3.55. The molecular weight excluding hydrogens is 509 g/mol. The first-order chi connectivity index (χ1) is 17.5. The summed E-state index contributed by atoms with van der Waals surface area (Å²) in [5.41, 5.74) is -1.36. The van der Waals surface area contributed by atoms with E-state index in [0.29, 0.717) is 31.8 Å². The molecule has 0 saturated carbocycles. The molecule has 0 bridgehead atoms. The molecule has 0 radical (unpaired) electrons. The van der Waals surface area contributed by atoms with Gasteiger partial charge in [-0.15, -0.1) is 13.2 Å². The highest BCUT2D eigenvalue weighted by molar-refractivity contribution is 5.98. The number of amides is 3. The molecule has 0 saturated heterocycles. The molecule has 0 aliphatic heterocycles. The maximum Gasteiger partial charge on any atom is 0.573 e. The zero-order valence-corrected chi connectivity index (χ0v) is 22.6. The number of aliphatic hydroxyl groups excluding tert-OH is 1. The Bertz CT molecular complexity index is 935. The summed E-state index contributed by atoms with van der Waals surface area (Å²) < 4.78 is 47.4. The molecular formula is C25H39F3N4O6. The van der Waals surface area contributed by atoms with Gasteiger partial charge in [0.25, 0.3) is 5.91 Å². The van der Waals surface area contributed by atoms with Gasteiger partial charge >= 0.3 is 12.5 Å². The van der Waals surface area contributed by atoms with Crippen LogP contribution in [-0.2, 0) is 9.53 Å². The molecule has 216 valence electrons. The molecule has 0 fully saturated rings. The fraction of sp³-hybridized carbons (Fsp3) is 0.640. The Morgan fingerprint density at radius 1 is 1.05 bits per heavy atom. The maximum atomic E-state index is 12.8. The Hall–Kier alpha value is -3.06. The SMILES string of the molecule is CCC[C@H](O)[C@H](CNCC(C)C)NC(=O)CNC(=O)c1cc(NC(=O)OC(C)(C)C)cc(OC(F)(F)F)c1. The highest BCUT2D eigenvalue weighted by Crippen LogP contribution is 2.27. The molecule has 1 rings (SSSR count). The summed E-state index contributed by atoms with van der Waals surface area (Å²) in [5, 5.41) is 20.8. The van der Waals surface area contributed by atoms with Gasteiger partial charge in [0.2, 0.25) is 5.91 Å². The Morgan fingerprint density at radius 3 is 2.26 bits per heavy atom. The fourth-order valence-electron chi connectivity index (χ4n) is 3.24. The molecule has 3 amide bonds. The predicted molar refractivity (Wildman–Crippen MR) is 136 cm³/mol. The minimum absolute atomic E-state index is 0.186. The number of hydrogen-bond donors (Lipinski definition) is 5. The number of nitrogens with one attached hydrogen (secondary N) is 4. The largest absolute Gasteiger partial charge is 0.573 e. The summed E-state index contributed by atoms with van der Waals surface area (Å²) in [7, 11) is 0. The first-order valence-electron chi connectivity index (χ1n) is 12.4. The monoisotopic (exact) mass is 548 g/mol. The Balaban J connectivity index is 2.94. The second-order valence-electron chi connectivity index (χ2n) is 10.2. The summed E-state index contributed by atoms with van der Waals surface area (Å²) in [6.07, 6.45) is -5.65. The first-order valence-corrected chi connectivity index (χ1v) is 12.4. The van der Waals surface area contributed by atoms with Crippen molar-refractivity contribution < 1.29 is 42.1 Å². The number of benzene rings is 1. The second-order valence-corrected chi connectivity index (χ2v) is 10.2. The molecule has 0 aliphatic rings. The first kappa shape index (κ1) is 33.0. The van der Waals surface area contributed by atoms with Crippen molar-refractivity contribution in [2.75, 3.05) is 25.0 Å². The van der Waals surface area contributed by atoms with Gasteiger partial charge in [0, 0.05) is 23.9 Å².